The first-order valence-electron chi connectivity index (χ1n) is 9.50. The van der Waals surface area contributed by atoms with Gasteiger partial charge in [-0.05, 0) is 44.5 Å². The lowest BCUT2D eigenvalue weighted by Gasteiger charge is -2.10. The predicted molar refractivity (Wildman–Crippen MR) is 111 cm³/mol. The normalized spacial score (nSPS) is 11.2. The summed E-state index contributed by atoms with van der Waals surface area (Å²) in [6, 6.07) is 8.29. The van der Waals surface area contributed by atoms with Gasteiger partial charge in [-0.25, -0.2) is 18.1 Å². The third-order valence-electron chi connectivity index (χ3n) is 3.81. The second-order valence-corrected chi connectivity index (χ2v) is 8.01. The van der Waals surface area contributed by atoms with E-state index in [4.69, 9.17) is 4.74 Å². The monoisotopic (exact) mass is 407 g/mol. The molecule has 8 nitrogen and oxygen atoms in total. The molecule has 0 atom stereocenters. The Morgan fingerprint density at radius 3 is 2.46 bits per heavy atom. The molecule has 3 N–H and O–H groups in total. The van der Waals surface area contributed by atoms with Crippen LogP contribution < -0.4 is 20.1 Å². The number of aryl methyl sites for hydroxylation is 1. The van der Waals surface area contributed by atoms with Crippen LogP contribution in [0.4, 0.5) is 11.8 Å². The standard InChI is InChI=1S/C19H29N5O3S/c1-4-6-13-27-16-7-9-17(10-8-16)28(25,26)22-12-11-21-19-23-15(3)14-18(24-19)20-5-2/h7-10,14,22H,4-6,11-13H2,1-3H3,(H2,20,21,23,24). The van der Waals surface area contributed by atoms with Crippen molar-refractivity contribution in [3.8, 4) is 5.75 Å². The molecule has 0 aliphatic carbocycles. The molecule has 2 rings (SSSR count). The molecule has 0 unspecified atom stereocenters. The zero-order chi connectivity index (χ0) is 20.4. The topological polar surface area (TPSA) is 105 Å². The summed E-state index contributed by atoms with van der Waals surface area (Å²) >= 11 is 0. The maximum absolute atomic E-state index is 12.4. The van der Waals surface area contributed by atoms with Gasteiger partial charge in [0.1, 0.15) is 11.6 Å². The maximum Gasteiger partial charge on any atom is 0.240 e. The molecule has 28 heavy (non-hydrogen) atoms. The Kier molecular flexibility index (Phi) is 8.46. The number of nitrogens with one attached hydrogen (secondary N) is 3. The van der Waals surface area contributed by atoms with E-state index in [-0.39, 0.29) is 11.4 Å². The summed E-state index contributed by atoms with van der Waals surface area (Å²) in [5.74, 6) is 1.87. The second kappa shape index (κ2) is 10.8. The number of hydrogen-bond acceptors (Lipinski definition) is 7. The van der Waals surface area contributed by atoms with Crippen LogP contribution in [0.3, 0.4) is 0 Å². The highest BCUT2D eigenvalue weighted by molar-refractivity contribution is 7.89. The molecule has 0 saturated carbocycles. The number of rotatable bonds is 12. The lowest BCUT2D eigenvalue weighted by molar-refractivity contribution is 0.309. The molecule has 0 aliphatic rings. The number of sulfonamides is 1. The van der Waals surface area contributed by atoms with Crippen molar-refractivity contribution in [2.45, 2.75) is 38.5 Å². The number of unbranched alkanes of at least 4 members (excludes halogenated alkanes) is 1. The second-order valence-electron chi connectivity index (χ2n) is 6.25. The molecule has 2 aromatic rings. The Morgan fingerprint density at radius 2 is 1.79 bits per heavy atom. The van der Waals surface area contributed by atoms with Crippen LogP contribution in [-0.2, 0) is 10.0 Å². The molecule has 0 fully saturated rings. The van der Waals surface area contributed by atoms with Gasteiger partial charge in [-0.3, -0.25) is 0 Å². The molecule has 0 amide bonds. The van der Waals surface area contributed by atoms with Crippen molar-refractivity contribution >= 4 is 21.8 Å². The Labute approximate surface area is 167 Å². The minimum atomic E-state index is -3.58. The van der Waals surface area contributed by atoms with Crippen LogP contribution in [0.5, 0.6) is 5.75 Å². The van der Waals surface area contributed by atoms with Crippen LogP contribution >= 0.6 is 0 Å². The molecule has 9 heteroatoms. The lowest BCUT2D eigenvalue weighted by Crippen LogP contribution is -2.29. The fourth-order valence-corrected chi connectivity index (χ4v) is 3.44. The third kappa shape index (κ3) is 6.97. The molecular formula is C19H29N5O3S. The summed E-state index contributed by atoms with van der Waals surface area (Å²) in [5.41, 5.74) is 0.829. The highest BCUT2D eigenvalue weighted by Gasteiger charge is 2.13. The first-order chi connectivity index (χ1) is 13.4. The minimum absolute atomic E-state index is 0.205. The molecule has 0 saturated heterocycles. The van der Waals surface area contributed by atoms with Gasteiger partial charge in [0.25, 0.3) is 0 Å². The number of aromatic nitrogens is 2. The molecule has 0 bridgehead atoms. The summed E-state index contributed by atoms with van der Waals surface area (Å²) < 4.78 is 32.9. The predicted octanol–water partition coefficient (Wildman–Crippen LogP) is 2.79. The van der Waals surface area contributed by atoms with Crippen LogP contribution in [0.25, 0.3) is 0 Å². The van der Waals surface area contributed by atoms with Crippen LogP contribution in [0, 0.1) is 6.92 Å². The van der Waals surface area contributed by atoms with Gasteiger partial charge >= 0.3 is 0 Å². The van der Waals surface area contributed by atoms with Gasteiger partial charge < -0.3 is 15.4 Å². The molecule has 0 radical (unpaired) electrons. The van der Waals surface area contributed by atoms with Gasteiger partial charge in [0.2, 0.25) is 16.0 Å². The van der Waals surface area contributed by atoms with Crippen molar-refractivity contribution < 1.29 is 13.2 Å². The van der Waals surface area contributed by atoms with E-state index in [2.05, 4.69) is 32.2 Å². The van der Waals surface area contributed by atoms with Crippen LogP contribution in [0.1, 0.15) is 32.4 Å². The zero-order valence-corrected chi connectivity index (χ0v) is 17.5. The molecular weight excluding hydrogens is 378 g/mol. The van der Waals surface area contributed by atoms with Crippen LogP contribution in [0.15, 0.2) is 35.2 Å². The fourth-order valence-electron chi connectivity index (χ4n) is 2.41. The number of benzene rings is 1. The van der Waals surface area contributed by atoms with Crippen LogP contribution in [-0.4, -0.2) is 44.6 Å². The van der Waals surface area contributed by atoms with Gasteiger partial charge in [0.05, 0.1) is 11.5 Å². The van der Waals surface area contributed by atoms with E-state index in [0.29, 0.717) is 24.8 Å². The van der Waals surface area contributed by atoms with Crippen molar-refractivity contribution in [1.29, 1.82) is 0 Å². The Balaban J connectivity index is 1.84. The smallest absolute Gasteiger partial charge is 0.240 e. The van der Waals surface area contributed by atoms with Crippen molar-refractivity contribution in [2.75, 3.05) is 36.9 Å². The van der Waals surface area contributed by atoms with E-state index in [1.165, 1.54) is 0 Å². The lowest BCUT2D eigenvalue weighted by atomic mass is 10.3. The Bertz CT molecular complexity index is 841. The van der Waals surface area contributed by atoms with Crippen LogP contribution in [0.2, 0.25) is 0 Å². The molecule has 1 heterocycles. The summed E-state index contributed by atoms with van der Waals surface area (Å²) in [4.78, 5) is 8.83. The van der Waals surface area contributed by atoms with E-state index >= 15 is 0 Å². The quantitative estimate of drug-likeness (QED) is 0.465. The number of hydrogen-bond donors (Lipinski definition) is 3. The zero-order valence-electron chi connectivity index (χ0n) is 16.7. The number of anilines is 2. The summed E-state index contributed by atoms with van der Waals surface area (Å²) in [6.07, 6.45) is 2.02. The molecule has 0 spiro atoms. The minimum Gasteiger partial charge on any atom is -0.494 e. The van der Waals surface area contributed by atoms with E-state index in [1.807, 2.05) is 19.9 Å². The third-order valence-corrected chi connectivity index (χ3v) is 5.29. The summed E-state index contributed by atoms with van der Waals surface area (Å²) in [6.45, 7) is 7.93. The van der Waals surface area contributed by atoms with Gasteiger partial charge in [0.15, 0.2) is 0 Å². The first-order valence-corrected chi connectivity index (χ1v) is 11.0. The first kappa shape index (κ1) is 21.9. The van der Waals surface area contributed by atoms with Crippen molar-refractivity contribution in [3.63, 3.8) is 0 Å². The molecule has 1 aromatic heterocycles. The van der Waals surface area contributed by atoms with E-state index in [0.717, 1.165) is 30.9 Å². The van der Waals surface area contributed by atoms with Crippen molar-refractivity contribution in [3.05, 3.63) is 36.0 Å². The average Bonchev–Trinajstić information content (AvgIpc) is 2.66. The molecule has 154 valence electrons. The molecule has 1 aromatic carbocycles. The van der Waals surface area contributed by atoms with Crippen molar-refractivity contribution in [2.24, 2.45) is 0 Å². The SMILES string of the molecule is CCCCOc1ccc(S(=O)(=O)NCCNc2nc(C)cc(NCC)n2)cc1. The van der Waals surface area contributed by atoms with E-state index < -0.39 is 10.0 Å². The van der Waals surface area contributed by atoms with Gasteiger partial charge in [-0.2, -0.15) is 4.98 Å². The fraction of sp³-hybridized carbons (Fsp3) is 0.474. The van der Waals surface area contributed by atoms with E-state index in [1.54, 1.807) is 24.3 Å². The number of nitrogens with zero attached hydrogens (tertiary/aromatic N) is 2. The highest BCUT2D eigenvalue weighted by atomic mass is 32.2. The Hall–Kier alpha value is -2.39. The average molecular weight is 408 g/mol. The van der Waals surface area contributed by atoms with E-state index in [9.17, 15) is 8.42 Å². The Morgan fingerprint density at radius 1 is 1.04 bits per heavy atom. The summed E-state index contributed by atoms with van der Waals surface area (Å²) in [7, 11) is -3.58. The molecule has 0 aliphatic heterocycles. The number of ether oxygens (including phenoxy) is 1. The van der Waals surface area contributed by atoms with Crippen molar-refractivity contribution in [1.82, 2.24) is 14.7 Å². The van der Waals surface area contributed by atoms with Gasteiger partial charge in [-0.1, -0.05) is 13.3 Å². The highest BCUT2D eigenvalue weighted by Crippen LogP contribution is 2.16. The van der Waals surface area contributed by atoms with Gasteiger partial charge in [0, 0.05) is 31.4 Å². The summed E-state index contributed by atoms with van der Waals surface area (Å²) in [5, 5.41) is 6.17. The maximum atomic E-state index is 12.4. The van der Waals surface area contributed by atoms with Gasteiger partial charge in [-0.15, -0.1) is 0 Å². The largest absolute Gasteiger partial charge is 0.494 e.